The number of carbonyl (C=O) groups excluding carboxylic acids is 2. The van der Waals surface area contributed by atoms with Gasteiger partial charge in [-0.25, -0.2) is 9.59 Å². The Balaban J connectivity index is 1.66. The molecule has 25 heavy (non-hydrogen) atoms. The van der Waals surface area contributed by atoms with Crippen molar-refractivity contribution in [3.63, 3.8) is 0 Å². The van der Waals surface area contributed by atoms with Crippen molar-refractivity contribution in [3.05, 3.63) is 34.9 Å². The number of hydrogen-bond acceptors (Lipinski definition) is 4. The number of benzene rings is 1. The van der Waals surface area contributed by atoms with E-state index in [9.17, 15) is 9.59 Å². The molecule has 0 heterocycles. The van der Waals surface area contributed by atoms with Crippen LogP contribution in [0.3, 0.4) is 0 Å². The van der Waals surface area contributed by atoms with Crippen LogP contribution in [0.15, 0.2) is 18.2 Å². The van der Waals surface area contributed by atoms with Crippen LogP contribution in [0.2, 0.25) is 0 Å². The lowest BCUT2D eigenvalue weighted by Gasteiger charge is -2.23. The lowest BCUT2D eigenvalue weighted by Crippen LogP contribution is -2.22. The quantitative estimate of drug-likeness (QED) is 0.723. The van der Waals surface area contributed by atoms with E-state index in [0.717, 1.165) is 56.9 Å². The Hall–Kier alpha value is -1.84. The van der Waals surface area contributed by atoms with Gasteiger partial charge in [0.2, 0.25) is 0 Å². The normalized spacial score (nSPS) is 19.4. The molecule has 0 aromatic heterocycles. The minimum Gasteiger partial charge on any atom is -0.459 e. The predicted octanol–water partition coefficient (Wildman–Crippen LogP) is 4.97. The lowest BCUT2D eigenvalue weighted by atomic mass is 9.97. The first kappa shape index (κ1) is 18.0. The molecule has 4 heteroatoms. The standard InChI is InChI=1S/C21H28O4/c1-15-12-16(20(22)24-18-8-4-2-5-9-18)14-17(13-15)21(23)25-19-10-6-3-7-11-19/h12-14,18-19H,2-11H2,1H3. The summed E-state index contributed by atoms with van der Waals surface area (Å²) in [5.41, 5.74) is 1.76. The summed E-state index contributed by atoms with van der Waals surface area (Å²) < 4.78 is 11.3. The Morgan fingerprint density at radius 2 is 1.12 bits per heavy atom. The van der Waals surface area contributed by atoms with Crippen molar-refractivity contribution in [1.29, 1.82) is 0 Å². The van der Waals surface area contributed by atoms with Crippen LogP contribution in [0.4, 0.5) is 0 Å². The minimum atomic E-state index is -0.331. The van der Waals surface area contributed by atoms with Gasteiger partial charge < -0.3 is 9.47 Å². The van der Waals surface area contributed by atoms with Gasteiger partial charge in [0.25, 0.3) is 0 Å². The average molecular weight is 344 g/mol. The maximum Gasteiger partial charge on any atom is 0.338 e. The average Bonchev–Trinajstić information content (AvgIpc) is 2.63. The summed E-state index contributed by atoms with van der Waals surface area (Å²) in [6.07, 6.45) is 10.7. The van der Waals surface area contributed by atoms with Crippen LogP contribution >= 0.6 is 0 Å². The van der Waals surface area contributed by atoms with Crippen LogP contribution in [0.25, 0.3) is 0 Å². The molecule has 0 aliphatic heterocycles. The van der Waals surface area contributed by atoms with Crippen molar-refractivity contribution in [2.75, 3.05) is 0 Å². The van der Waals surface area contributed by atoms with E-state index in [4.69, 9.17) is 9.47 Å². The second kappa shape index (κ2) is 8.50. The summed E-state index contributed by atoms with van der Waals surface area (Å²) in [4.78, 5) is 24.9. The summed E-state index contributed by atoms with van der Waals surface area (Å²) in [5.74, 6) is -0.662. The van der Waals surface area contributed by atoms with E-state index >= 15 is 0 Å². The Kier molecular flexibility index (Phi) is 6.11. The van der Waals surface area contributed by atoms with Gasteiger partial charge in [0.15, 0.2) is 0 Å². The molecule has 1 aromatic rings. The van der Waals surface area contributed by atoms with Gasteiger partial charge in [-0.1, -0.05) is 12.8 Å². The van der Waals surface area contributed by atoms with Crippen molar-refractivity contribution >= 4 is 11.9 Å². The maximum absolute atomic E-state index is 12.5. The van der Waals surface area contributed by atoms with Crippen LogP contribution in [0.5, 0.6) is 0 Å². The van der Waals surface area contributed by atoms with Crippen LogP contribution in [0, 0.1) is 6.92 Å². The molecule has 2 aliphatic carbocycles. The van der Waals surface area contributed by atoms with Crippen LogP contribution in [-0.4, -0.2) is 24.1 Å². The van der Waals surface area contributed by atoms with E-state index in [1.807, 2.05) is 6.92 Å². The molecule has 2 aliphatic rings. The largest absolute Gasteiger partial charge is 0.459 e. The predicted molar refractivity (Wildman–Crippen MR) is 95.8 cm³/mol. The van der Waals surface area contributed by atoms with Gasteiger partial charge in [0.05, 0.1) is 11.1 Å². The van der Waals surface area contributed by atoms with Gasteiger partial charge in [-0.15, -0.1) is 0 Å². The Morgan fingerprint density at radius 1 is 0.720 bits per heavy atom. The summed E-state index contributed by atoms with van der Waals surface area (Å²) in [6.45, 7) is 1.88. The summed E-state index contributed by atoms with van der Waals surface area (Å²) >= 11 is 0. The topological polar surface area (TPSA) is 52.6 Å². The van der Waals surface area contributed by atoms with Crippen molar-refractivity contribution in [3.8, 4) is 0 Å². The zero-order chi connectivity index (χ0) is 17.6. The van der Waals surface area contributed by atoms with E-state index < -0.39 is 0 Å². The van der Waals surface area contributed by atoms with Crippen molar-refractivity contribution in [2.24, 2.45) is 0 Å². The first-order valence-corrected chi connectivity index (χ1v) is 9.65. The molecule has 2 fully saturated rings. The molecule has 0 saturated heterocycles. The van der Waals surface area contributed by atoms with Gasteiger partial charge in [-0.2, -0.15) is 0 Å². The molecule has 136 valence electrons. The van der Waals surface area contributed by atoms with Gasteiger partial charge in [-0.05, 0) is 82.1 Å². The van der Waals surface area contributed by atoms with E-state index in [0.29, 0.717) is 11.1 Å². The van der Waals surface area contributed by atoms with E-state index in [1.165, 1.54) is 12.8 Å². The van der Waals surface area contributed by atoms with Gasteiger partial charge >= 0.3 is 11.9 Å². The first-order valence-electron chi connectivity index (χ1n) is 9.65. The molecular weight excluding hydrogens is 316 g/mol. The SMILES string of the molecule is Cc1cc(C(=O)OC2CCCCC2)cc(C(=O)OC2CCCCC2)c1. The molecule has 0 atom stereocenters. The zero-order valence-corrected chi connectivity index (χ0v) is 15.1. The minimum absolute atomic E-state index is 0.0133. The second-order valence-corrected chi connectivity index (χ2v) is 7.42. The number of rotatable bonds is 4. The molecule has 0 spiro atoms. The van der Waals surface area contributed by atoms with Crippen LogP contribution in [-0.2, 0) is 9.47 Å². The molecule has 0 bridgehead atoms. The van der Waals surface area contributed by atoms with Crippen LogP contribution in [0.1, 0.15) is 90.5 Å². The Labute approximate surface area is 149 Å². The number of esters is 2. The molecule has 0 radical (unpaired) electrons. The summed E-state index contributed by atoms with van der Waals surface area (Å²) in [7, 11) is 0. The van der Waals surface area contributed by atoms with Crippen LogP contribution < -0.4 is 0 Å². The number of aryl methyl sites for hydroxylation is 1. The molecule has 0 N–H and O–H groups in total. The van der Waals surface area contributed by atoms with E-state index in [2.05, 4.69) is 0 Å². The van der Waals surface area contributed by atoms with Crippen molar-refractivity contribution < 1.29 is 19.1 Å². The smallest absolute Gasteiger partial charge is 0.338 e. The third kappa shape index (κ3) is 5.07. The summed E-state index contributed by atoms with van der Waals surface area (Å²) in [6, 6.07) is 5.18. The number of hydrogen-bond donors (Lipinski definition) is 0. The number of carbonyl (C=O) groups is 2. The molecule has 0 unspecified atom stereocenters. The molecule has 3 rings (SSSR count). The maximum atomic E-state index is 12.5. The van der Waals surface area contributed by atoms with E-state index in [-0.39, 0.29) is 24.1 Å². The van der Waals surface area contributed by atoms with Crippen molar-refractivity contribution in [2.45, 2.75) is 83.3 Å². The molecule has 1 aromatic carbocycles. The fraction of sp³-hybridized carbons (Fsp3) is 0.619. The van der Waals surface area contributed by atoms with Crippen molar-refractivity contribution in [1.82, 2.24) is 0 Å². The lowest BCUT2D eigenvalue weighted by molar-refractivity contribution is 0.0209. The zero-order valence-electron chi connectivity index (χ0n) is 15.1. The highest BCUT2D eigenvalue weighted by atomic mass is 16.5. The fourth-order valence-electron chi connectivity index (χ4n) is 3.82. The third-order valence-electron chi connectivity index (χ3n) is 5.20. The highest BCUT2D eigenvalue weighted by molar-refractivity contribution is 5.95. The number of ether oxygens (including phenoxy) is 2. The molecular formula is C21H28O4. The van der Waals surface area contributed by atoms with Gasteiger partial charge in [-0.3, -0.25) is 0 Å². The summed E-state index contributed by atoms with van der Waals surface area (Å²) in [5, 5.41) is 0. The fourth-order valence-corrected chi connectivity index (χ4v) is 3.82. The van der Waals surface area contributed by atoms with Gasteiger partial charge in [0, 0.05) is 0 Å². The molecule has 4 nitrogen and oxygen atoms in total. The van der Waals surface area contributed by atoms with E-state index in [1.54, 1.807) is 18.2 Å². The third-order valence-corrected chi connectivity index (χ3v) is 5.20. The highest BCUT2D eigenvalue weighted by Gasteiger charge is 2.22. The Bertz CT molecular complexity index is 560. The second-order valence-electron chi connectivity index (χ2n) is 7.42. The molecule has 0 amide bonds. The van der Waals surface area contributed by atoms with Gasteiger partial charge in [0.1, 0.15) is 12.2 Å². The monoisotopic (exact) mass is 344 g/mol. The first-order chi connectivity index (χ1) is 12.1. The molecule has 2 saturated carbocycles. The highest BCUT2D eigenvalue weighted by Crippen LogP contribution is 2.24. The Morgan fingerprint density at radius 3 is 1.52 bits per heavy atom.